The average molecular weight is 492 g/mol. The van der Waals surface area contributed by atoms with Crippen molar-refractivity contribution >= 4 is 34.7 Å². The second-order valence-corrected chi connectivity index (χ2v) is 8.95. The fourth-order valence-corrected chi connectivity index (χ4v) is 3.97. The van der Waals surface area contributed by atoms with Gasteiger partial charge in [-0.3, -0.25) is 4.79 Å². The minimum absolute atomic E-state index is 0.183. The van der Waals surface area contributed by atoms with Crippen molar-refractivity contribution < 1.29 is 14.7 Å². The number of imidazole rings is 1. The number of fused-ring (bicyclic) bond motifs is 1. The topological polar surface area (TPSA) is 109 Å². The molecule has 5 aromatic rings. The minimum atomic E-state index is -0.984. The van der Waals surface area contributed by atoms with E-state index in [1.54, 1.807) is 18.3 Å². The molecule has 0 aliphatic carbocycles. The number of benzene rings is 3. The second kappa shape index (κ2) is 9.94. The van der Waals surface area contributed by atoms with Crippen molar-refractivity contribution in [3.8, 4) is 11.3 Å². The summed E-state index contributed by atoms with van der Waals surface area (Å²) in [4.78, 5) is 33.1. The Kier molecular flexibility index (Phi) is 6.38. The third-order valence-electron chi connectivity index (χ3n) is 6.02. The Bertz CT molecular complexity index is 1590. The minimum Gasteiger partial charge on any atom is -0.478 e. The number of nitrogens with zero attached hydrogens (tertiary/aromatic N) is 3. The highest BCUT2D eigenvalue weighted by atomic mass is 16.4. The van der Waals surface area contributed by atoms with Crippen LogP contribution in [-0.2, 0) is 0 Å². The number of carbonyl (C=O) groups is 2. The Labute approximate surface area is 213 Å². The average Bonchev–Trinajstić information content (AvgIpc) is 3.38. The standard InChI is InChI=1S/C29H25N5O3/c1-18(2)19-6-8-20(9-7-19)28(35)32-24-5-3-4-22(16-24)25-17-34-15-14-30-27(34)26(33-25)31-23-12-10-21(11-13-23)29(36)37/h3-18H,1-2H3,(H,31,33)(H,32,35)(H,36,37). The van der Waals surface area contributed by atoms with Crippen LogP contribution >= 0.6 is 0 Å². The van der Waals surface area contributed by atoms with Crippen molar-refractivity contribution in [2.24, 2.45) is 0 Å². The molecule has 0 fully saturated rings. The number of nitrogens with one attached hydrogen (secondary N) is 2. The summed E-state index contributed by atoms with van der Waals surface area (Å²) >= 11 is 0. The summed E-state index contributed by atoms with van der Waals surface area (Å²) in [5.74, 6) is -0.248. The summed E-state index contributed by atoms with van der Waals surface area (Å²) < 4.78 is 1.86. The molecule has 0 saturated carbocycles. The fourth-order valence-electron chi connectivity index (χ4n) is 3.97. The van der Waals surface area contributed by atoms with Gasteiger partial charge in [0.1, 0.15) is 0 Å². The van der Waals surface area contributed by atoms with Gasteiger partial charge < -0.3 is 20.1 Å². The molecular weight excluding hydrogens is 466 g/mol. The molecule has 0 aliphatic heterocycles. The molecule has 1 amide bonds. The SMILES string of the molecule is CC(C)c1ccc(C(=O)Nc2cccc(-c3cn4ccnc4c(Nc4ccc(C(=O)O)cc4)n3)c2)cc1. The number of aromatic nitrogens is 3. The van der Waals surface area contributed by atoms with E-state index in [1.165, 1.54) is 17.7 Å². The Morgan fingerprint density at radius 1 is 0.919 bits per heavy atom. The van der Waals surface area contributed by atoms with Crippen LogP contribution in [0.4, 0.5) is 17.2 Å². The van der Waals surface area contributed by atoms with Gasteiger partial charge in [0.2, 0.25) is 0 Å². The Balaban J connectivity index is 1.41. The van der Waals surface area contributed by atoms with E-state index in [9.17, 15) is 9.59 Å². The zero-order chi connectivity index (χ0) is 25.9. The molecule has 2 aromatic heterocycles. The van der Waals surface area contributed by atoms with Gasteiger partial charge in [-0.1, -0.05) is 38.1 Å². The Hall–Kier alpha value is -4.98. The molecule has 3 aromatic carbocycles. The molecule has 8 heteroatoms. The molecule has 184 valence electrons. The summed E-state index contributed by atoms with van der Waals surface area (Å²) in [5, 5.41) is 15.3. The van der Waals surface area contributed by atoms with Gasteiger partial charge in [-0.2, -0.15) is 0 Å². The van der Waals surface area contributed by atoms with Gasteiger partial charge in [-0.15, -0.1) is 0 Å². The van der Waals surface area contributed by atoms with Crippen LogP contribution in [0.2, 0.25) is 0 Å². The molecular formula is C29H25N5O3. The van der Waals surface area contributed by atoms with E-state index in [2.05, 4.69) is 29.5 Å². The third kappa shape index (κ3) is 5.18. The van der Waals surface area contributed by atoms with E-state index in [-0.39, 0.29) is 11.5 Å². The first-order valence-electron chi connectivity index (χ1n) is 11.8. The number of rotatable bonds is 7. The maximum absolute atomic E-state index is 12.8. The molecule has 0 radical (unpaired) electrons. The zero-order valence-electron chi connectivity index (χ0n) is 20.3. The van der Waals surface area contributed by atoms with Crippen molar-refractivity contribution in [3.05, 3.63) is 108 Å². The molecule has 0 aliphatic rings. The van der Waals surface area contributed by atoms with E-state index in [0.717, 1.165) is 5.56 Å². The molecule has 0 atom stereocenters. The van der Waals surface area contributed by atoms with E-state index < -0.39 is 5.97 Å². The monoisotopic (exact) mass is 491 g/mol. The van der Waals surface area contributed by atoms with Crippen molar-refractivity contribution in [1.82, 2.24) is 14.4 Å². The van der Waals surface area contributed by atoms with Crippen molar-refractivity contribution in [2.45, 2.75) is 19.8 Å². The number of amides is 1. The summed E-state index contributed by atoms with van der Waals surface area (Å²) in [5.41, 5.74) is 5.43. The first-order chi connectivity index (χ1) is 17.9. The molecule has 0 bridgehead atoms. The van der Waals surface area contributed by atoms with Crippen LogP contribution in [0.15, 0.2) is 91.4 Å². The van der Waals surface area contributed by atoms with Gasteiger partial charge in [0.05, 0.1) is 11.3 Å². The predicted molar refractivity (Wildman–Crippen MR) is 144 cm³/mol. The van der Waals surface area contributed by atoms with Crippen LogP contribution in [0.5, 0.6) is 0 Å². The van der Waals surface area contributed by atoms with Crippen LogP contribution in [0.3, 0.4) is 0 Å². The van der Waals surface area contributed by atoms with Gasteiger partial charge in [0, 0.05) is 41.1 Å². The Morgan fingerprint density at radius 3 is 2.35 bits per heavy atom. The molecule has 0 unspecified atom stereocenters. The molecule has 0 saturated heterocycles. The summed E-state index contributed by atoms with van der Waals surface area (Å²) in [6.45, 7) is 4.23. The number of carboxylic acids is 1. The predicted octanol–water partition coefficient (Wildman–Crippen LogP) is 6.21. The summed E-state index contributed by atoms with van der Waals surface area (Å²) in [6, 6.07) is 21.5. The molecule has 0 spiro atoms. The first kappa shape index (κ1) is 23.7. The lowest BCUT2D eigenvalue weighted by Crippen LogP contribution is -2.12. The second-order valence-electron chi connectivity index (χ2n) is 8.95. The number of anilines is 3. The lowest BCUT2D eigenvalue weighted by molar-refractivity contribution is 0.0696. The molecule has 37 heavy (non-hydrogen) atoms. The van der Waals surface area contributed by atoms with Gasteiger partial charge in [0.15, 0.2) is 11.5 Å². The van der Waals surface area contributed by atoms with Gasteiger partial charge >= 0.3 is 5.97 Å². The molecule has 5 rings (SSSR count). The summed E-state index contributed by atoms with van der Waals surface area (Å²) in [7, 11) is 0. The van der Waals surface area contributed by atoms with E-state index >= 15 is 0 Å². The number of carbonyl (C=O) groups excluding carboxylic acids is 1. The highest BCUT2D eigenvalue weighted by Crippen LogP contribution is 2.27. The third-order valence-corrected chi connectivity index (χ3v) is 6.02. The van der Waals surface area contributed by atoms with Crippen LogP contribution < -0.4 is 10.6 Å². The van der Waals surface area contributed by atoms with Crippen LogP contribution in [0, 0.1) is 0 Å². The highest BCUT2D eigenvalue weighted by molar-refractivity contribution is 6.04. The van der Waals surface area contributed by atoms with Crippen LogP contribution in [0.25, 0.3) is 16.9 Å². The molecule has 8 nitrogen and oxygen atoms in total. The largest absolute Gasteiger partial charge is 0.478 e. The van der Waals surface area contributed by atoms with E-state index in [0.29, 0.717) is 40.0 Å². The zero-order valence-corrected chi connectivity index (χ0v) is 20.3. The lowest BCUT2D eigenvalue weighted by atomic mass is 10.0. The highest BCUT2D eigenvalue weighted by Gasteiger charge is 2.12. The normalized spacial score (nSPS) is 11.0. The number of hydrogen-bond acceptors (Lipinski definition) is 5. The van der Waals surface area contributed by atoms with Gasteiger partial charge in [-0.05, 0) is 60.0 Å². The van der Waals surface area contributed by atoms with Gasteiger partial charge in [0.25, 0.3) is 5.91 Å². The Morgan fingerprint density at radius 2 is 1.65 bits per heavy atom. The van der Waals surface area contributed by atoms with Crippen molar-refractivity contribution in [2.75, 3.05) is 10.6 Å². The summed E-state index contributed by atoms with van der Waals surface area (Å²) in [6.07, 6.45) is 5.37. The fraction of sp³-hybridized carbons (Fsp3) is 0.103. The van der Waals surface area contributed by atoms with Crippen LogP contribution in [0.1, 0.15) is 46.0 Å². The lowest BCUT2D eigenvalue weighted by Gasteiger charge is -2.12. The van der Waals surface area contributed by atoms with E-state index in [1.807, 2.05) is 65.3 Å². The van der Waals surface area contributed by atoms with Crippen molar-refractivity contribution in [1.29, 1.82) is 0 Å². The number of carboxylic acid groups (broad SMARTS) is 1. The van der Waals surface area contributed by atoms with Crippen LogP contribution in [-0.4, -0.2) is 31.4 Å². The molecule has 3 N–H and O–H groups in total. The van der Waals surface area contributed by atoms with Crippen molar-refractivity contribution in [3.63, 3.8) is 0 Å². The maximum Gasteiger partial charge on any atom is 0.335 e. The first-order valence-corrected chi connectivity index (χ1v) is 11.8. The number of hydrogen-bond donors (Lipinski definition) is 3. The number of aromatic carboxylic acids is 1. The van der Waals surface area contributed by atoms with E-state index in [4.69, 9.17) is 10.1 Å². The maximum atomic E-state index is 12.8. The van der Waals surface area contributed by atoms with Gasteiger partial charge in [-0.25, -0.2) is 14.8 Å². The quantitative estimate of drug-likeness (QED) is 0.250. The smallest absolute Gasteiger partial charge is 0.335 e. The molecule has 2 heterocycles.